The van der Waals surface area contributed by atoms with E-state index in [0.717, 1.165) is 14.7 Å². The van der Waals surface area contributed by atoms with Gasteiger partial charge >= 0.3 is 0 Å². The highest BCUT2D eigenvalue weighted by atomic mass is 79.9. The number of phenolic OH excluding ortho intramolecular Hbond substituents is 1. The number of hydrogen-bond donors (Lipinski definition) is 1. The van der Waals surface area contributed by atoms with Gasteiger partial charge in [-0.2, -0.15) is 0 Å². The molecule has 4 heteroatoms. The lowest BCUT2D eigenvalue weighted by atomic mass is 10.3. The summed E-state index contributed by atoms with van der Waals surface area (Å²) < 4.78 is 7.45. The lowest BCUT2D eigenvalue weighted by Gasteiger charge is -2.08. The number of aromatic hydroxyl groups is 1. The molecule has 0 fully saturated rings. The molecule has 0 bridgehead atoms. The molecule has 0 radical (unpaired) electrons. The molecular formula is C12H8Br2O2. The minimum atomic E-state index is 0.223. The van der Waals surface area contributed by atoms with Gasteiger partial charge in [0.05, 0.1) is 4.47 Å². The highest BCUT2D eigenvalue weighted by Gasteiger charge is 2.05. The van der Waals surface area contributed by atoms with E-state index in [0.29, 0.717) is 5.75 Å². The molecule has 0 saturated carbocycles. The average molecular weight is 344 g/mol. The first-order valence-corrected chi connectivity index (χ1v) is 6.16. The molecule has 2 aromatic carbocycles. The number of benzene rings is 2. The summed E-state index contributed by atoms with van der Waals surface area (Å²) in [6, 6.07) is 12.3. The summed E-state index contributed by atoms with van der Waals surface area (Å²) in [5.74, 6) is 1.62. The van der Waals surface area contributed by atoms with Crippen LogP contribution in [-0.4, -0.2) is 5.11 Å². The van der Waals surface area contributed by atoms with Gasteiger partial charge in [0.1, 0.15) is 17.2 Å². The van der Waals surface area contributed by atoms with Crippen molar-refractivity contribution >= 4 is 31.9 Å². The number of ether oxygens (including phenoxy) is 1. The second-order valence-corrected chi connectivity index (χ2v) is 4.80. The molecule has 0 atom stereocenters. The van der Waals surface area contributed by atoms with Gasteiger partial charge in [-0.1, -0.05) is 6.07 Å². The van der Waals surface area contributed by atoms with Crippen molar-refractivity contribution in [2.75, 3.05) is 0 Å². The molecule has 0 aliphatic heterocycles. The maximum atomic E-state index is 9.15. The van der Waals surface area contributed by atoms with Crippen LogP contribution in [0.3, 0.4) is 0 Å². The molecule has 0 aromatic heterocycles. The van der Waals surface area contributed by atoms with Crippen LogP contribution in [0.4, 0.5) is 0 Å². The normalized spacial score (nSPS) is 10.1. The summed E-state index contributed by atoms with van der Waals surface area (Å²) in [6.45, 7) is 0. The Labute approximate surface area is 110 Å². The Hall–Kier alpha value is -1.000. The summed E-state index contributed by atoms with van der Waals surface area (Å²) in [4.78, 5) is 0. The van der Waals surface area contributed by atoms with Gasteiger partial charge in [-0.3, -0.25) is 0 Å². The number of phenols is 1. The molecule has 82 valence electrons. The molecule has 2 rings (SSSR count). The van der Waals surface area contributed by atoms with Gasteiger partial charge in [-0.05, 0) is 68.3 Å². The zero-order chi connectivity index (χ0) is 11.5. The van der Waals surface area contributed by atoms with E-state index < -0.39 is 0 Å². The first-order chi connectivity index (χ1) is 7.66. The van der Waals surface area contributed by atoms with E-state index in [1.165, 1.54) is 0 Å². The van der Waals surface area contributed by atoms with E-state index in [-0.39, 0.29) is 5.75 Å². The van der Waals surface area contributed by atoms with Crippen LogP contribution in [0, 0.1) is 0 Å². The van der Waals surface area contributed by atoms with Crippen molar-refractivity contribution in [3.05, 3.63) is 51.4 Å². The zero-order valence-electron chi connectivity index (χ0n) is 8.15. The molecule has 1 N–H and O–H groups in total. The Kier molecular flexibility index (Phi) is 3.51. The van der Waals surface area contributed by atoms with E-state index in [4.69, 9.17) is 9.84 Å². The van der Waals surface area contributed by atoms with Crippen LogP contribution < -0.4 is 4.74 Å². The second-order valence-electron chi connectivity index (χ2n) is 3.15. The Morgan fingerprint density at radius 3 is 2.31 bits per heavy atom. The Bertz CT molecular complexity index is 495. The third kappa shape index (κ3) is 2.57. The summed E-state index contributed by atoms with van der Waals surface area (Å²) in [5, 5.41) is 9.15. The van der Waals surface area contributed by atoms with Crippen LogP contribution in [0.5, 0.6) is 17.2 Å². The fourth-order valence-electron chi connectivity index (χ4n) is 1.20. The van der Waals surface area contributed by atoms with Crippen molar-refractivity contribution in [1.29, 1.82) is 0 Å². The van der Waals surface area contributed by atoms with E-state index in [1.54, 1.807) is 24.3 Å². The quantitative estimate of drug-likeness (QED) is 0.855. The lowest BCUT2D eigenvalue weighted by Crippen LogP contribution is -1.85. The van der Waals surface area contributed by atoms with E-state index >= 15 is 0 Å². The minimum Gasteiger partial charge on any atom is -0.508 e. The van der Waals surface area contributed by atoms with Crippen LogP contribution in [-0.2, 0) is 0 Å². The number of hydrogen-bond acceptors (Lipinski definition) is 2. The van der Waals surface area contributed by atoms with Crippen molar-refractivity contribution < 1.29 is 9.84 Å². The molecule has 0 spiro atoms. The van der Waals surface area contributed by atoms with Crippen LogP contribution in [0.25, 0.3) is 0 Å². The maximum Gasteiger partial charge on any atom is 0.142 e. The van der Waals surface area contributed by atoms with Gasteiger partial charge in [0, 0.05) is 4.47 Å². The first kappa shape index (κ1) is 11.5. The van der Waals surface area contributed by atoms with Crippen molar-refractivity contribution in [3.63, 3.8) is 0 Å². The third-order valence-electron chi connectivity index (χ3n) is 1.98. The van der Waals surface area contributed by atoms with Gasteiger partial charge in [0.25, 0.3) is 0 Å². The highest BCUT2D eigenvalue weighted by Crippen LogP contribution is 2.35. The van der Waals surface area contributed by atoms with Crippen LogP contribution >= 0.6 is 31.9 Å². The third-order valence-corrected chi connectivity index (χ3v) is 3.99. The largest absolute Gasteiger partial charge is 0.508 e. The molecule has 0 unspecified atom stereocenters. The monoisotopic (exact) mass is 342 g/mol. The smallest absolute Gasteiger partial charge is 0.142 e. The average Bonchev–Trinajstić information content (AvgIpc) is 2.28. The summed E-state index contributed by atoms with van der Waals surface area (Å²) in [7, 11) is 0. The molecule has 0 aliphatic carbocycles. The number of halogens is 2. The van der Waals surface area contributed by atoms with Gasteiger partial charge in [-0.15, -0.1) is 0 Å². The fourth-order valence-corrected chi connectivity index (χ4v) is 1.90. The van der Waals surface area contributed by atoms with E-state index in [1.807, 2.05) is 18.2 Å². The van der Waals surface area contributed by atoms with Crippen molar-refractivity contribution in [1.82, 2.24) is 0 Å². The van der Waals surface area contributed by atoms with Crippen LogP contribution in [0.1, 0.15) is 0 Å². The van der Waals surface area contributed by atoms with Crippen molar-refractivity contribution in [2.24, 2.45) is 0 Å². The predicted molar refractivity (Wildman–Crippen MR) is 70.0 cm³/mol. The highest BCUT2D eigenvalue weighted by molar-refractivity contribution is 9.13. The van der Waals surface area contributed by atoms with Gasteiger partial charge in [0.15, 0.2) is 0 Å². The number of rotatable bonds is 2. The molecule has 16 heavy (non-hydrogen) atoms. The molecule has 2 nitrogen and oxygen atoms in total. The topological polar surface area (TPSA) is 29.5 Å². The molecule has 0 amide bonds. The summed E-state index contributed by atoms with van der Waals surface area (Å²) in [5.41, 5.74) is 0. The molecule has 0 heterocycles. The molecule has 0 saturated heterocycles. The Morgan fingerprint density at radius 2 is 1.62 bits per heavy atom. The molecular weight excluding hydrogens is 336 g/mol. The lowest BCUT2D eigenvalue weighted by molar-refractivity contribution is 0.463. The predicted octanol–water partition coefficient (Wildman–Crippen LogP) is 4.71. The van der Waals surface area contributed by atoms with Crippen LogP contribution in [0.15, 0.2) is 51.4 Å². The van der Waals surface area contributed by atoms with Crippen molar-refractivity contribution in [2.45, 2.75) is 0 Å². The minimum absolute atomic E-state index is 0.223. The standard InChI is InChI=1S/C12H8Br2O2/c13-10-2-1-3-11(12(10)14)16-9-6-4-8(15)5-7-9/h1-7,15H. The van der Waals surface area contributed by atoms with Crippen LogP contribution in [0.2, 0.25) is 0 Å². The fraction of sp³-hybridized carbons (Fsp3) is 0. The van der Waals surface area contributed by atoms with Gasteiger partial charge in [0.2, 0.25) is 0 Å². The van der Waals surface area contributed by atoms with Gasteiger partial charge in [-0.25, -0.2) is 0 Å². The Balaban J connectivity index is 2.27. The Morgan fingerprint density at radius 1 is 0.938 bits per heavy atom. The maximum absolute atomic E-state index is 9.15. The molecule has 2 aromatic rings. The first-order valence-electron chi connectivity index (χ1n) is 4.58. The van der Waals surface area contributed by atoms with Crippen molar-refractivity contribution in [3.8, 4) is 17.2 Å². The summed E-state index contributed by atoms with van der Waals surface area (Å²) in [6.07, 6.45) is 0. The zero-order valence-corrected chi connectivity index (χ0v) is 11.3. The summed E-state index contributed by atoms with van der Waals surface area (Å²) >= 11 is 6.84. The van der Waals surface area contributed by atoms with E-state index in [9.17, 15) is 0 Å². The van der Waals surface area contributed by atoms with E-state index in [2.05, 4.69) is 31.9 Å². The SMILES string of the molecule is Oc1ccc(Oc2cccc(Br)c2Br)cc1. The second kappa shape index (κ2) is 4.89. The van der Waals surface area contributed by atoms with Gasteiger partial charge < -0.3 is 9.84 Å². The molecule has 0 aliphatic rings.